The summed E-state index contributed by atoms with van der Waals surface area (Å²) < 4.78 is 0. The molecule has 2 N–H and O–H groups in total. The van der Waals surface area contributed by atoms with Crippen LogP contribution in [0.2, 0.25) is 0 Å². The summed E-state index contributed by atoms with van der Waals surface area (Å²) in [5.41, 5.74) is 8.84. The summed E-state index contributed by atoms with van der Waals surface area (Å²) in [6, 6.07) is 9.26. The van der Waals surface area contributed by atoms with Gasteiger partial charge in [-0.05, 0) is 49.7 Å². The van der Waals surface area contributed by atoms with Crippen LogP contribution in [0, 0.1) is 0 Å². The number of hydrogen-bond donors (Lipinski definition) is 1. The number of aldehydes is 1. The number of hydrogen-bond acceptors (Lipinski definition) is 2. The molecule has 0 saturated heterocycles. The maximum absolute atomic E-state index is 10.3. The molecule has 0 spiro atoms. The van der Waals surface area contributed by atoms with Gasteiger partial charge in [0.15, 0.2) is 0 Å². The SMILES string of the molecule is CCCCCCCc1ccc(CCCC(N)CCC=O)cc1. The van der Waals surface area contributed by atoms with E-state index in [-0.39, 0.29) is 6.04 Å². The van der Waals surface area contributed by atoms with Gasteiger partial charge in [-0.1, -0.05) is 56.9 Å². The highest BCUT2D eigenvalue weighted by Crippen LogP contribution is 2.13. The van der Waals surface area contributed by atoms with Gasteiger partial charge in [0.2, 0.25) is 0 Å². The second-order valence-corrected chi connectivity index (χ2v) is 6.38. The van der Waals surface area contributed by atoms with E-state index in [0.29, 0.717) is 6.42 Å². The molecule has 0 bridgehead atoms. The van der Waals surface area contributed by atoms with E-state index < -0.39 is 0 Å². The third kappa shape index (κ3) is 8.99. The van der Waals surface area contributed by atoms with Crippen LogP contribution in [-0.2, 0) is 17.6 Å². The quantitative estimate of drug-likeness (QED) is 0.419. The molecule has 0 aliphatic carbocycles. The smallest absolute Gasteiger partial charge is 0.120 e. The largest absolute Gasteiger partial charge is 0.328 e. The van der Waals surface area contributed by atoms with E-state index >= 15 is 0 Å². The van der Waals surface area contributed by atoms with Gasteiger partial charge < -0.3 is 10.5 Å². The molecule has 0 aliphatic heterocycles. The third-order valence-electron chi connectivity index (χ3n) is 4.29. The Bertz CT molecular complexity index is 385. The molecule has 124 valence electrons. The van der Waals surface area contributed by atoms with Crippen LogP contribution in [-0.4, -0.2) is 12.3 Å². The first-order chi connectivity index (χ1) is 10.8. The second kappa shape index (κ2) is 12.4. The van der Waals surface area contributed by atoms with Crippen LogP contribution in [0.15, 0.2) is 24.3 Å². The molecule has 1 aromatic carbocycles. The zero-order valence-corrected chi connectivity index (χ0v) is 14.2. The molecule has 0 aliphatic rings. The normalized spacial score (nSPS) is 12.3. The molecule has 0 amide bonds. The van der Waals surface area contributed by atoms with Gasteiger partial charge in [-0.2, -0.15) is 0 Å². The first kappa shape index (κ1) is 18.9. The summed E-state index contributed by atoms with van der Waals surface area (Å²) in [5.74, 6) is 0. The van der Waals surface area contributed by atoms with Crippen molar-refractivity contribution in [2.45, 2.75) is 83.6 Å². The summed E-state index contributed by atoms with van der Waals surface area (Å²) >= 11 is 0. The van der Waals surface area contributed by atoms with Gasteiger partial charge in [0.25, 0.3) is 0 Å². The number of aryl methyl sites for hydroxylation is 2. The molecular formula is C20H33NO. The predicted octanol–water partition coefficient (Wildman–Crippen LogP) is 4.83. The van der Waals surface area contributed by atoms with Gasteiger partial charge in [-0.25, -0.2) is 0 Å². The van der Waals surface area contributed by atoms with Gasteiger partial charge in [-0.15, -0.1) is 0 Å². The first-order valence-electron chi connectivity index (χ1n) is 9.03. The molecular weight excluding hydrogens is 270 g/mol. The molecule has 0 aromatic heterocycles. The summed E-state index contributed by atoms with van der Waals surface area (Å²) in [4.78, 5) is 10.3. The lowest BCUT2D eigenvalue weighted by Crippen LogP contribution is -2.19. The van der Waals surface area contributed by atoms with Gasteiger partial charge in [0.1, 0.15) is 6.29 Å². The van der Waals surface area contributed by atoms with Crippen LogP contribution in [0.4, 0.5) is 0 Å². The second-order valence-electron chi connectivity index (χ2n) is 6.38. The molecule has 0 heterocycles. The predicted molar refractivity (Wildman–Crippen MR) is 95.1 cm³/mol. The van der Waals surface area contributed by atoms with Gasteiger partial charge >= 0.3 is 0 Å². The minimum Gasteiger partial charge on any atom is -0.328 e. The van der Waals surface area contributed by atoms with Crippen molar-refractivity contribution in [2.24, 2.45) is 5.73 Å². The van der Waals surface area contributed by atoms with E-state index in [0.717, 1.165) is 32.0 Å². The molecule has 1 atom stereocenters. The summed E-state index contributed by atoms with van der Waals surface area (Å²) in [7, 11) is 0. The topological polar surface area (TPSA) is 43.1 Å². The van der Waals surface area contributed by atoms with Crippen molar-refractivity contribution in [1.29, 1.82) is 0 Å². The Labute approximate surface area is 136 Å². The van der Waals surface area contributed by atoms with Crippen molar-refractivity contribution in [3.05, 3.63) is 35.4 Å². The van der Waals surface area contributed by atoms with E-state index in [1.807, 2.05) is 0 Å². The Balaban J connectivity index is 2.17. The number of nitrogens with two attached hydrogens (primary N) is 1. The monoisotopic (exact) mass is 303 g/mol. The van der Waals surface area contributed by atoms with Crippen LogP contribution >= 0.6 is 0 Å². The van der Waals surface area contributed by atoms with Crippen LogP contribution in [0.1, 0.15) is 75.8 Å². The number of carbonyl (C=O) groups is 1. The average Bonchev–Trinajstić information content (AvgIpc) is 2.54. The lowest BCUT2D eigenvalue weighted by molar-refractivity contribution is -0.108. The van der Waals surface area contributed by atoms with Crippen molar-refractivity contribution in [3.63, 3.8) is 0 Å². The van der Waals surface area contributed by atoms with E-state index in [9.17, 15) is 4.79 Å². The lowest BCUT2D eigenvalue weighted by Gasteiger charge is -2.09. The first-order valence-corrected chi connectivity index (χ1v) is 9.03. The van der Waals surface area contributed by atoms with Crippen LogP contribution < -0.4 is 5.73 Å². The molecule has 22 heavy (non-hydrogen) atoms. The lowest BCUT2D eigenvalue weighted by atomic mass is 10.00. The highest BCUT2D eigenvalue weighted by atomic mass is 16.1. The third-order valence-corrected chi connectivity index (χ3v) is 4.29. The molecule has 0 fully saturated rings. The standard InChI is InChI=1S/C20H33NO/c1-2-3-4-5-6-9-18-13-15-19(16-14-18)10-7-11-20(21)12-8-17-22/h13-17,20H,2-12,21H2,1H3. The van der Waals surface area contributed by atoms with Crippen molar-refractivity contribution in [2.75, 3.05) is 0 Å². The van der Waals surface area contributed by atoms with Crippen LogP contribution in [0.25, 0.3) is 0 Å². The Kier molecular flexibility index (Phi) is 10.7. The van der Waals surface area contributed by atoms with Gasteiger partial charge in [-0.3, -0.25) is 0 Å². The summed E-state index contributed by atoms with van der Waals surface area (Å²) in [6.45, 7) is 2.26. The zero-order chi connectivity index (χ0) is 16.0. The fourth-order valence-electron chi connectivity index (χ4n) is 2.80. The Hall–Kier alpha value is -1.15. The van der Waals surface area contributed by atoms with Crippen molar-refractivity contribution in [3.8, 4) is 0 Å². The van der Waals surface area contributed by atoms with Crippen LogP contribution in [0.5, 0.6) is 0 Å². The van der Waals surface area contributed by atoms with Crippen molar-refractivity contribution in [1.82, 2.24) is 0 Å². The molecule has 0 saturated carbocycles. The fraction of sp³-hybridized carbons (Fsp3) is 0.650. The Morgan fingerprint density at radius 1 is 0.909 bits per heavy atom. The maximum Gasteiger partial charge on any atom is 0.120 e. The van der Waals surface area contributed by atoms with E-state index in [1.54, 1.807) is 0 Å². The molecule has 1 unspecified atom stereocenters. The van der Waals surface area contributed by atoms with Crippen LogP contribution in [0.3, 0.4) is 0 Å². The summed E-state index contributed by atoms with van der Waals surface area (Å²) in [6.07, 6.45) is 13.5. The highest BCUT2D eigenvalue weighted by Gasteiger charge is 2.02. The average molecular weight is 303 g/mol. The Morgan fingerprint density at radius 3 is 2.09 bits per heavy atom. The van der Waals surface area contributed by atoms with E-state index in [2.05, 4.69) is 31.2 Å². The number of carbonyl (C=O) groups excluding carboxylic acids is 1. The number of unbranched alkanes of at least 4 members (excludes halogenated alkanes) is 4. The highest BCUT2D eigenvalue weighted by molar-refractivity contribution is 5.49. The Morgan fingerprint density at radius 2 is 1.50 bits per heavy atom. The van der Waals surface area contributed by atoms with Crippen molar-refractivity contribution < 1.29 is 4.79 Å². The molecule has 1 aromatic rings. The number of benzene rings is 1. The number of rotatable bonds is 13. The fourth-order valence-corrected chi connectivity index (χ4v) is 2.80. The maximum atomic E-state index is 10.3. The molecule has 1 rings (SSSR count). The minimum absolute atomic E-state index is 0.174. The van der Waals surface area contributed by atoms with Gasteiger partial charge in [0, 0.05) is 12.5 Å². The van der Waals surface area contributed by atoms with Crippen molar-refractivity contribution >= 4 is 6.29 Å². The molecule has 0 radical (unpaired) electrons. The van der Waals surface area contributed by atoms with E-state index in [1.165, 1.54) is 49.7 Å². The molecule has 2 heteroatoms. The summed E-state index contributed by atoms with van der Waals surface area (Å²) in [5, 5.41) is 0. The zero-order valence-electron chi connectivity index (χ0n) is 14.2. The molecule has 2 nitrogen and oxygen atoms in total. The van der Waals surface area contributed by atoms with Gasteiger partial charge in [0.05, 0.1) is 0 Å². The van der Waals surface area contributed by atoms with E-state index in [4.69, 9.17) is 5.73 Å². The minimum atomic E-state index is 0.174.